The lowest BCUT2D eigenvalue weighted by molar-refractivity contribution is 0.306. The molecule has 0 aliphatic carbocycles. The lowest BCUT2D eigenvalue weighted by Crippen LogP contribution is -2.02. The highest BCUT2D eigenvalue weighted by Gasteiger charge is 1.94. The van der Waals surface area contributed by atoms with E-state index >= 15 is 0 Å². The summed E-state index contributed by atoms with van der Waals surface area (Å²) in [6, 6.07) is 0. The number of hydrogen-bond donors (Lipinski definition) is 3. The minimum Gasteiger partial charge on any atom is -0.395 e. The van der Waals surface area contributed by atoms with E-state index in [1.807, 2.05) is 0 Å². The Hall–Kier alpha value is -0.120. The van der Waals surface area contributed by atoms with Gasteiger partial charge in [-0.1, -0.05) is 103 Å². The van der Waals surface area contributed by atoms with Crippen LogP contribution in [0.4, 0.5) is 0 Å². The first kappa shape index (κ1) is 25.1. The Morgan fingerprint density at radius 3 is 0.957 bits per heavy atom. The summed E-state index contributed by atoms with van der Waals surface area (Å²) >= 11 is 0. The molecule has 0 aliphatic heterocycles. The van der Waals surface area contributed by atoms with Gasteiger partial charge in [-0.25, -0.2) is 0 Å². The summed E-state index contributed by atoms with van der Waals surface area (Å²) in [4.78, 5) is 0. The quantitative estimate of drug-likeness (QED) is 0.323. The Morgan fingerprint density at radius 2 is 0.739 bits per heavy atom. The number of aliphatic hydroxyl groups is 1. The molecule has 0 heterocycles. The maximum Gasteiger partial charge on any atom is 0.0553 e. The molecule has 0 fully saturated rings. The summed E-state index contributed by atoms with van der Waals surface area (Å²) in [5.41, 5.74) is 10.3. The van der Waals surface area contributed by atoms with Gasteiger partial charge in [0.05, 0.1) is 6.61 Å². The molecule has 0 unspecified atom stereocenters. The van der Waals surface area contributed by atoms with Crippen molar-refractivity contribution in [2.45, 2.75) is 110 Å². The number of nitrogens with two attached hydrogens (primary N) is 2. The van der Waals surface area contributed by atoms with E-state index in [1.54, 1.807) is 0 Å². The standard InChI is InChI=1S/C18H39N.C2H7NO/c1-2-3-4-5-6-7-8-9-10-11-12-13-14-15-16-17-18-19;3-1-2-4/h2-19H2,1H3;4H,1-3H2. The second-order valence-electron chi connectivity index (χ2n) is 6.60. The second kappa shape index (κ2) is 26.8. The van der Waals surface area contributed by atoms with Gasteiger partial charge in [-0.3, -0.25) is 0 Å². The first-order chi connectivity index (χ1) is 11.3. The highest BCUT2D eigenvalue weighted by atomic mass is 16.3. The van der Waals surface area contributed by atoms with Crippen molar-refractivity contribution in [1.29, 1.82) is 0 Å². The zero-order chi connectivity index (χ0) is 17.4. The van der Waals surface area contributed by atoms with E-state index in [4.69, 9.17) is 16.6 Å². The van der Waals surface area contributed by atoms with E-state index in [0.717, 1.165) is 6.54 Å². The van der Waals surface area contributed by atoms with Gasteiger partial charge in [-0.15, -0.1) is 0 Å². The van der Waals surface area contributed by atoms with Crippen LogP contribution in [-0.4, -0.2) is 24.8 Å². The van der Waals surface area contributed by atoms with Gasteiger partial charge in [0.25, 0.3) is 0 Å². The van der Waals surface area contributed by atoms with Crippen LogP contribution in [0.3, 0.4) is 0 Å². The fraction of sp³-hybridized carbons (Fsp3) is 1.00. The fourth-order valence-electron chi connectivity index (χ4n) is 2.69. The van der Waals surface area contributed by atoms with E-state index in [2.05, 4.69) is 6.92 Å². The minimum absolute atomic E-state index is 0.0972. The summed E-state index contributed by atoms with van der Waals surface area (Å²) in [5, 5.41) is 7.75. The zero-order valence-electron chi connectivity index (χ0n) is 16.0. The molecule has 142 valence electrons. The Morgan fingerprint density at radius 1 is 0.478 bits per heavy atom. The third-order valence-corrected chi connectivity index (χ3v) is 4.19. The smallest absolute Gasteiger partial charge is 0.0553 e. The molecule has 3 heteroatoms. The third kappa shape index (κ3) is 30.3. The topological polar surface area (TPSA) is 72.3 Å². The van der Waals surface area contributed by atoms with Gasteiger partial charge in [-0.2, -0.15) is 0 Å². The van der Waals surface area contributed by atoms with Crippen molar-refractivity contribution in [1.82, 2.24) is 0 Å². The largest absolute Gasteiger partial charge is 0.395 e. The molecule has 0 rings (SSSR count). The van der Waals surface area contributed by atoms with Gasteiger partial charge >= 0.3 is 0 Å². The Bertz CT molecular complexity index is 159. The maximum atomic E-state index is 7.75. The molecule has 0 saturated heterocycles. The van der Waals surface area contributed by atoms with Crippen molar-refractivity contribution >= 4 is 0 Å². The Labute approximate surface area is 146 Å². The van der Waals surface area contributed by atoms with Gasteiger partial charge in [0.15, 0.2) is 0 Å². The van der Waals surface area contributed by atoms with Crippen LogP contribution in [0.1, 0.15) is 110 Å². The molecule has 3 nitrogen and oxygen atoms in total. The van der Waals surface area contributed by atoms with E-state index in [1.165, 1.54) is 103 Å². The monoisotopic (exact) mass is 330 g/mol. The molecule has 0 radical (unpaired) electrons. The molecule has 0 aromatic carbocycles. The molecule has 23 heavy (non-hydrogen) atoms. The Balaban J connectivity index is 0. The van der Waals surface area contributed by atoms with Crippen molar-refractivity contribution in [3.05, 3.63) is 0 Å². The fourth-order valence-corrected chi connectivity index (χ4v) is 2.69. The third-order valence-electron chi connectivity index (χ3n) is 4.19. The predicted molar refractivity (Wildman–Crippen MR) is 105 cm³/mol. The molecule has 0 atom stereocenters. The normalized spacial score (nSPS) is 10.4. The predicted octanol–water partition coefficient (Wildman–Crippen LogP) is 5.14. The summed E-state index contributed by atoms with van der Waals surface area (Å²) in [6.07, 6.45) is 22.9. The van der Waals surface area contributed by atoms with Crippen LogP contribution >= 0.6 is 0 Å². The number of rotatable bonds is 17. The molecule has 5 N–H and O–H groups in total. The average Bonchev–Trinajstić information content (AvgIpc) is 2.58. The van der Waals surface area contributed by atoms with Gasteiger partial charge in [0.2, 0.25) is 0 Å². The van der Waals surface area contributed by atoms with Crippen molar-refractivity contribution < 1.29 is 5.11 Å². The van der Waals surface area contributed by atoms with Crippen LogP contribution in [0.2, 0.25) is 0 Å². The highest BCUT2D eigenvalue weighted by molar-refractivity contribution is 4.49. The van der Waals surface area contributed by atoms with Crippen molar-refractivity contribution in [3.63, 3.8) is 0 Å². The first-order valence-corrected chi connectivity index (χ1v) is 10.3. The lowest BCUT2D eigenvalue weighted by atomic mass is 10.0. The first-order valence-electron chi connectivity index (χ1n) is 10.3. The van der Waals surface area contributed by atoms with Crippen molar-refractivity contribution in [2.75, 3.05) is 19.7 Å². The number of hydrogen-bond acceptors (Lipinski definition) is 3. The molecule has 0 aromatic heterocycles. The second-order valence-corrected chi connectivity index (χ2v) is 6.60. The van der Waals surface area contributed by atoms with E-state index in [-0.39, 0.29) is 6.61 Å². The zero-order valence-corrected chi connectivity index (χ0v) is 16.0. The highest BCUT2D eigenvalue weighted by Crippen LogP contribution is 2.13. The minimum atomic E-state index is 0.0972. The van der Waals surface area contributed by atoms with Crippen LogP contribution in [0.15, 0.2) is 0 Å². The lowest BCUT2D eigenvalue weighted by Gasteiger charge is -2.03. The van der Waals surface area contributed by atoms with E-state index < -0.39 is 0 Å². The summed E-state index contributed by atoms with van der Waals surface area (Å²) in [5.74, 6) is 0. The van der Waals surface area contributed by atoms with E-state index in [0.29, 0.717) is 6.54 Å². The Kier molecular flexibility index (Phi) is 29.2. The van der Waals surface area contributed by atoms with Crippen molar-refractivity contribution in [2.24, 2.45) is 11.5 Å². The summed E-state index contributed by atoms with van der Waals surface area (Å²) < 4.78 is 0. The summed E-state index contributed by atoms with van der Waals surface area (Å²) in [6.45, 7) is 3.64. The van der Waals surface area contributed by atoms with Crippen molar-refractivity contribution in [3.8, 4) is 0 Å². The number of unbranched alkanes of at least 4 members (excludes halogenated alkanes) is 15. The van der Waals surface area contributed by atoms with Gasteiger partial charge < -0.3 is 16.6 Å². The molecule has 0 aromatic rings. The molecule has 0 spiro atoms. The molecular formula is C20H46N2O. The molecular weight excluding hydrogens is 284 g/mol. The molecule has 0 saturated carbocycles. The van der Waals surface area contributed by atoms with E-state index in [9.17, 15) is 0 Å². The summed E-state index contributed by atoms with van der Waals surface area (Å²) in [7, 11) is 0. The van der Waals surface area contributed by atoms with Crippen LogP contribution in [0, 0.1) is 0 Å². The number of aliphatic hydroxyl groups excluding tert-OH is 1. The molecule has 0 aliphatic rings. The van der Waals surface area contributed by atoms with Gasteiger partial charge in [0, 0.05) is 6.54 Å². The van der Waals surface area contributed by atoms with Gasteiger partial charge in [0.1, 0.15) is 0 Å². The van der Waals surface area contributed by atoms with Crippen LogP contribution < -0.4 is 11.5 Å². The SMILES string of the molecule is CCCCCCCCCCCCCCCCCCN.NCCO. The molecule has 0 amide bonds. The average molecular weight is 331 g/mol. The maximum absolute atomic E-state index is 7.75. The van der Waals surface area contributed by atoms with Crippen LogP contribution in [0.25, 0.3) is 0 Å². The van der Waals surface area contributed by atoms with Crippen LogP contribution in [0.5, 0.6) is 0 Å². The molecule has 0 bridgehead atoms. The van der Waals surface area contributed by atoms with Gasteiger partial charge in [-0.05, 0) is 13.0 Å². The van der Waals surface area contributed by atoms with Crippen LogP contribution in [-0.2, 0) is 0 Å².